The lowest BCUT2D eigenvalue weighted by molar-refractivity contribution is 0.102. The summed E-state index contributed by atoms with van der Waals surface area (Å²) in [5.74, 6) is 0.798. The molecule has 0 fully saturated rings. The zero-order chi connectivity index (χ0) is 18.4. The van der Waals surface area contributed by atoms with E-state index in [0.717, 1.165) is 16.2 Å². The predicted octanol–water partition coefficient (Wildman–Crippen LogP) is 4.05. The van der Waals surface area contributed by atoms with Crippen molar-refractivity contribution in [2.45, 2.75) is 0 Å². The summed E-state index contributed by atoms with van der Waals surface area (Å²) in [7, 11) is 0. The van der Waals surface area contributed by atoms with Gasteiger partial charge in [0.15, 0.2) is 11.5 Å². The normalized spacial score (nSPS) is 12.4. The number of ether oxygens (including phenoxy) is 2. The molecule has 0 saturated heterocycles. The first kappa shape index (κ1) is 15.5. The van der Waals surface area contributed by atoms with Crippen LogP contribution in [0.5, 0.6) is 11.5 Å². The molecule has 0 atom stereocenters. The second-order valence-electron chi connectivity index (χ2n) is 6.21. The molecule has 0 spiro atoms. The molecule has 0 unspecified atom stereocenters. The Balaban J connectivity index is 1.57. The second kappa shape index (κ2) is 5.88. The minimum atomic E-state index is -0.419. The van der Waals surface area contributed by atoms with Crippen molar-refractivity contribution in [3.05, 3.63) is 71.8 Å². The van der Waals surface area contributed by atoms with Crippen LogP contribution in [0.25, 0.3) is 21.7 Å². The summed E-state index contributed by atoms with van der Waals surface area (Å²) in [6.45, 7) is 0.167. The molecule has 2 N–H and O–H groups in total. The first-order chi connectivity index (χ1) is 13.2. The number of anilines is 1. The van der Waals surface area contributed by atoms with E-state index in [-0.39, 0.29) is 17.9 Å². The zero-order valence-corrected chi connectivity index (χ0v) is 14.1. The molecule has 27 heavy (non-hydrogen) atoms. The van der Waals surface area contributed by atoms with E-state index >= 15 is 0 Å². The highest BCUT2D eigenvalue weighted by Gasteiger charge is 2.17. The summed E-state index contributed by atoms with van der Waals surface area (Å²) in [6, 6.07) is 18.5. The van der Waals surface area contributed by atoms with Crippen molar-refractivity contribution in [2.75, 3.05) is 12.1 Å². The fourth-order valence-electron chi connectivity index (χ4n) is 3.23. The number of benzene rings is 3. The van der Waals surface area contributed by atoms with Crippen LogP contribution in [0.2, 0.25) is 0 Å². The standard InChI is InChI=1S/C21H14N2O4/c22-20-16(21(24)23-13-6-8-18-19(9-13)26-11-25-18)10-15-14-4-2-1-3-12(14)5-7-17(15)27-20/h1-10,22H,11H2,(H,23,24). The molecule has 1 amide bonds. The van der Waals surface area contributed by atoms with Gasteiger partial charge < -0.3 is 19.2 Å². The van der Waals surface area contributed by atoms with Crippen molar-refractivity contribution in [3.63, 3.8) is 0 Å². The number of carbonyl (C=O) groups is 1. The van der Waals surface area contributed by atoms with Crippen molar-refractivity contribution < 1.29 is 18.7 Å². The predicted molar refractivity (Wildman–Crippen MR) is 100 cm³/mol. The van der Waals surface area contributed by atoms with E-state index in [1.54, 1.807) is 24.3 Å². The van der Waals surface area contributed by atoms with E-state index in [0.29, 0.717) is 22.8 Å². The molecule has 0 radical (unpaired) electrons. The van der Waals surface area contributed by atoms with Crippen molar-refractivity contribution >= 4 is 33.3 Å². The van der Waals surface area contributed by atoms with E-state index in [2.05, 4.69) is 5.32 Å². The molecule has 0 bridgehead atoms. The Morgan fingerprint density at radius 1 is 0.926 bits per heavy atom. The third-order valence-corrected chi connectivity index (χ3v) is 4.55. The maximum absolute atomic E-state index is 12.8. The summed E-state index contributed by atoms with van der Waals surface area (Å²) >= 11 is 0. The van der Waals surface area contributed by atoms with Crippen LogP contribution in [0.15, 0.2) is 65.1 Å². The molecule has 6 heteroatoms. The van der Waals surface area contributed by atoms with Gasteiger partial charge in [-0.2, -0.15) is 0 Å². The second-order valence-corrected chi connectivity index (χ2v) is 6.21. The van der Waals surface area contributed by atoms with Crippen LogP contribution in [0, 0.1) is 5.41 Å². The van der Waals surface area contributed by atoms with Gasteiger partial charge >= 0.3 is 0 Å². The highest BCUT2D eigenvalue weighted by Crippen LogP contribution is 2.34. The monoisotopic (exact) mass is 358 g/mol. The van der Waals surface area contributed by atoms with Gasteiger partial charge in [0.1, 0.15) is 11.1 Å². The fraction of sp³-hybridized carbons (Fsp3) is 0.0476. The van der Waals surface area contributed by atoms with Crippen LogP contribution >= 0.6 is 0 Å². The van der Waals surface area contributed by atoms with Crippen LogP contribution < -0.4 is 20.3 Å². The maximum Gasteiger partial charge on any atom is 0.261 e. The summed E-state index contributed by atoms with van der Waals surface area (Å²) in [4.78, 5) is 12.8. The quantitative estimate of drug-likeness (QED) is 0.530. The number of nitrogens with one attached hydrogen (secondary N) is 2. The van der Waals surface area contributed by atoms with Gasteiger partial charge in [-0.05, 0) is 35.0 Å². The minimum absolute atomic E-state index is 0.163. The number of fused-ring (bicyclic) bond motifs is 4. The number of rotatable bonds is 2. The Labute approximate surface area is 153 Å². The van der Waals surface area contributed by atoms with Crippen LogP contribution in [0.3, 0.4) is 0 Å². The van der Waals surface area contributed by atoms with Gasteiger partial charge in [0.2, 0.25) is 12.3 Å². The maximum atomic E-state index is 12.8. The Morgan fingerprint density at radius 2 is 1.78 bits per heavy atom. The first-order valence-corrected chi connectivity index (χ1v) is 8.40. The smallest absolute Gasteiger partial charge is 0.261 e. The lowest BCUT2D eigenvalue weighted by Crippen LogP contribution is -2.20. The van der Waals surface area contributed by atoms with E-state index in [4.69, 9.17) is 19.3 Å². The zero-order valence-electron chi connectivity index (χ0n) is 14.1. The number of carbonyl (C=O) groups excluding carboxylic acids is 1. The third-order valence-electron chi connectivity index (χ3n) is 4.55. The summed E-state index contributed by atoms with van der Waals surface area (Å²) in [5, 5.41) is 13.7. The first-order valence-electron chi connectivity index (χ1n) is 8.40. The molecule has 6 nitrogen and oxygen atoms in total. The van der Waals surface area contributed by atoms with Crippen molar-refractivity contribution in [2.24, 2.45) is 0 Å². The van der Waals surface area contributed by atoms with E-state index < -0.39 is 5.91 Å². The van der Waals surface area contributed by atoms with Crippen molar-refractivity contribution in [1.82, 2.24) is 0 Å². The van der Waals surface area contributed by atoms with Gasteiger partial charge in [0, 0.05) is 17.1 Å². The number of amides is 1. The third kappa shape index (κ3) is 2.58. The van der Waals surface area contributed by atoms with Gasteiger partial charge in [-0.3, -0.25) is 10.2 Å². The molecule has 0 aliphatic carbocycles. The fourth-order valence-corrected chi connectivity index (χ4v) is 3.23. The van der Waals surface area contributed by atoms with Crippen LogP contribution in [0.1, 0.15) is 10.4 Å². The Bertz CT molecular complexity index is 1280. The van der Waals surface area contributed by atoms with Crippen molar-refractivity contribution in [3.8, 4) is 11.5 Å². The van der Waals surface area contributed by atoms with E-state index in [1.165, 1.54) is 0 Å². The molecular weight excluding hydrogens is 344 g/mol. The molecular formula is C21H14N2O4. The van der Waals surface area contributed by atoms with Gasteiger partial charge in [-0.15, -0.1) is 0 Å². The summed E-state index contributed by atoms with van der Waals surface area (Å²) < 4.78 is 16.2. The highest BCUT2D eigenvalue weighted by molar-refractivity contribution is 6.10. The molecule has 1 aromatic heterocycles. The Morgan fingerprint density at radius 3 is 2.70 bits per heavy atom. The topological polar surface area (TPSA) is 84.6 Å². The summed E-state index contributed by atoms with van der Waals surface area (Å²) in [5.41, 5.74) is 1.10. The van der Waals surface area contributed by atoms with Gasteiger partial charge in [0.25, 0.3) is 5.91 Å². The van der Waals surface area contributed by atoms with Crippen molar-refractivity contribution in [1.29, 1.82) is 5.41 Å². The molecule has 4 aromatic rings. The average Bonchev–Trinajstić information content (AvgIpc) is 3.15. The molecule has 0 saturated carbocycles. The molecule has 2 heterocycles. The molecule has 5 rings (SSSR count). The van der Waals surface area contributed by atoms with Crippen LogP contribution in [-0.2, 0) is 0 Å². The van der Waals surface area contributed by atoms with Gasteiger partial charge in [0.05, 0.1) is 0 Å². The lowest BCUT2D eigenvalue weighted by Gasteiger charge is -2.08. The van der Waals surface area contributed by atoms with Gasteiger partial charge in [-0.25, -0.2) is 0 Å². The largest absolute Gasteiger partial charge is 0.454 e. The molecule has 3 aromatic carbocycles. The van der Waals surface area contributed by atoms with Crippen LogP contribution in [0.4, 0.5) is 5.69 Å². The molecule has 1 aliphatic rings. The minimum Gasteiger partial charge on any atom is -0.454 e. The highest BCUT2D eigenvalue weighted by atomic mass is 16.7. The van der Waals surface area contributed by atoms with Gasteiger partial charge in [-0.1, -0.05) is 30.3 Å². The Hall–Kier alpha value is -3.80. The molecule has 132 valence electrons. The SMILES string of the molecule is N=c1oc2ccc3ccccc3c2cc1C(=O)Nc1ccc2c(c1)OCO2. The lowest BCUT2D eigenvalue weighted by atomic mass is 10.0. The van der Waals surface area contributed by atoms with E-state index in [1.807, 2.05) is 36.4 Å². The number of hydrogen-bond acceptors (Lipinski definition) is 5. The van der Waals surface area contributed by atoms with Crippen LogP contribution in [-0.4, -0.2) is 12.7 Å². The average molecular weight is 358 g/mol. The Kier molecular flexibility index (Phi) is 3.36. The molecule has 1 aliphatic heterocycles. The number of hydrogen-bond donors (Lipinski definition) is 2. The summed E-state index contributed by atoms with van der Waals surface area (Å²) in [6.07, 6.45) is 0. The van der Waals surface area contributed by atoms with E-state index in [9.17, 15) is 4.79 Å².